The summed E-state index contributed by atoms with van der Waals surface area (Å²) in [6.07, 6.45) is 4.50. The molecule has 1 fully saturated rings. The molecule has 0 unspecified atom stereocenters. The largest absolute Gasteiger partial charge is 0.415 e. The molecule has 2 heterocycles. The van der Waals surface area contributed by atoms with Crippen molar-refractivity contribution in [3.05, 3.63) is 30.6 Å². The molecule has 0 bridgehead atoms. The van der Waals surface area contributed by atoms with E-state index >= 15 is 0 Å². The Bertz CT molecular complexity index is 711. The van der Waals surface area contributed by atoms with Crippen LogP contribution in [0.15, 0.2) is 30.6 Å². The highest BCUT2D eigenvalue weighted by molar-refractivity contribution is 6.74. The molecule has 1 N–H and O–H groups in total. The Morgan fingerprint density at radius 3 is 2.44 bits per heavy atom. The fraction of sp³-hybridized carbons (Fsp3) is 0.600. The second-order valence-electron chi connectivity index (χ2n) is 8.66. The number of hydrogen-bond donors (Lipinski definition) is 1. The van der Waals surface area contributed by atoms with Crippen molar-refractivity contribution in [1.29, 1.82) is 0 Å². The molecule has 1 aliphatic rings. The summed E-state index contributed by atoms with van der Waals surface area (Å²) in [6, 6.07) is 6.83. The van der Waals surface area contributed by atoms with Crippen LogP contribution in [-0.2, 0) is 11.0 Å². The highest BCUT2D eigenvalue weighted by Crippen LogP contribution is 2.36. The van der Waals surface area contributed by atoms with Gasteiger partial charge in [0.05, 0.1) is 6.61 Å². The molecule has 0 saturated carbocycles. The molecular weight excluding hydrogens is 326 g/mol. The van der Waals surface area contributed by atoms with E-state index in [9.17, 15) is 0 Å². The molecule has 1 aliphatic heterocycles. The molecule has 0 spiro atoms. The topological polar surface area (TPSA) is 29.4 Å². The number of nitrogens with zero attached hydrogens (tertiary/aromatic N) is 2. The van der Waals surface area contributed by atoms with Crippen LogP contribution in [0.5, 0.6) is 0 Å². The predicted molar refractivity (Wildman–Crippen MR) is 110 cm³/mol. The molecule has 0 aliphatic carbocycles. The Morgan fingerprint density at radius 1 is 1.08 bits per heavy atom. The summed E-state index contributed by atoms with van der Waals surface area (Å²) >= 11 is 0. The zero-order chi connectivity index (χ0) is 18.1. The molecule has 0 atom stereocenters. The first kappa shape index (κ1) is 18.5. The number of fused-ring (bicyclic) bond motifs is 1. The Labute approximate surface area is 153 Å². The van der Waals surface area contributed by atoms with Gasteiger partial charge in [-0.1, -0.05) is 26.8 Å². The zero-order valence-electron chi connectivity index (χ0n) is 16.4. The van der Waals surface area contributed by atoms with Crippen molar-refractivity contribution in [2.75, 3.05) is 37.7 Å². The van der Waals surface area contributed by atoms with Gasteiger partial charge in [0.1, 0.15) is 0 Å². The molecule has 5 heteroatoms. The molecule has 2 aromatic rings. The molecule has 1 aromatic carbocycles. The fourth-order valence-electron chi connectivity index (χ4n) is 3.06. The quantitative estimate of drug-likeness (QED) is 0.816. The molecule has 1 aromatic heterocycles. The average molecular weight is 360 g/mol. The van der Waals surface area contributed by atoms with Gasteiger partial charge in [-0.3, -0.25) is 0 Å². The summed E-state index contributed by atoms with van der Waals surface area (Å²) in [6.45, 7) is 17.6. The van der Waals surface area contributed by atoms with Gasteiger partial charge in [0, 0.05) is 56.2 Å². The summed E-state index contributed by atoms with van der Waals surface area (Å²) in [4.78, 5) is 2.47. The van der Waals surface area contributed by atoms with Crippen molar-refractivity contribution in [2.24, 2.45) is 0 Å². The highest BCUT2D eigenvalue weighted by Gasteiger charge is 2.36. The Balaban J connectivity index is 1.65. The minimum atomic E-state index is -1.66. The number of aromatic nitrogens is 1. The third-order valence-electron chi connectivity index (χ3n) is 5.78. The lowest BCUT2D eigenvalue weighted by molar-refractivity contribution is 0.272. The van der Waals surface area contributed by atoms with Gasteiger partial charge in [0.2, 0.25) is 0 Å². The van der Waals surface area contributed by atoms with Gasteiger partial charge in [-0.25, -0.2) is 0 Å². The van der Waals surface area contributed by atoms with Gasteiger partial charge in [-0.15, -0.1) is 0 Å². The first-order valence-corrected chi connectivity index (χ1v) is 12.4. The van der Waals surface area contributed by atoms with Crippen LogP contribution in [0.2, 0.25) is 18.1 Å². The molecule has 4 nitrogen and oxygen atoms in total. The minimum Gasteiger partial charge on any atom is -0.415 e. The number of piperazine rings is 1. The van der Waals surface area contributed by atoms with Crippen molar-refractivity contribution < 1.29 is 4.43 Å². The first-order chi connectivity index (χ1) is 11.8. The van der Waals surface area contributed by atoms with E-state index < -0.39 is 8.32 Å². The number of benzene rings is 1. The minimum absolute atomic E-state index is 0.270. The van der Waals surface area contributed by atoms with E-state index in [1.165, 1.54) is 16.5 Å². The summed E-state index contributed by atoms with van der Waals surface area (Å²) < 4.78 is 8.59. The second kappa shape index (κ2) is 7.14. The van der Waals surface area contributed by atoms with Gasteiger partial charge in [-0.05, 0) is 35.7 Å². The van der Waals surface area contributed by atoms with Crippen LogP contribution in [0.4, 0.5) is 5.69 Å². The van der Waals surface area contributed by atoms with E-state index in [4.69, 9.17) is 4.43 Å². The van der Waals surface area contributed by atoms with Crippen LogP contribution in [0, 0.1) is 0 Å². The number of hydrogen-bond acceptors (Lipinski definition) is 3. The van der Waals surface area contributed by atoms with Crippen molar-refractivity contribution in [1.82, 2.24) is 9.88 Å². The third kappa shape index (κ3) is 4.27. The lowest BCUT2D eigenvalue weighted by atomic mass is 10.2. The van der Waals surface area contributed by atoms with Gasteiger partial charge in [-0.2, -0.15) is 0 Å². The van der Waals surface area contributed by atoms with E-state index in [1.807, 2.05) is 0 Å². The third-order valence-corrected chi connectivity index (χ3v) is 10.3. The van der Waals surface area contributed by atoms with Crippen LogP contribution in [0.1, 0.15) is 20.8 Å². The van der Waals surface area contributed by atoms with Crippen molar-refractivity contribution >= 4 is 24.8 Å². The number of anilines is 1. The van der Waals surface area contributed by atoms with E-state index in [-0.39, 0.29) is 5.04 Å². The van der Waals surface area contributed by atoms with E-state index in [0.717, 1.165) is 39.3 Å². The number of nitrogens with one attached hydrogen (secondary N) is 1. The molecule has 0 radical (unpaired) electrons. The molecule has 25 heavy (non-hydrogen) atoms. The van der Waals surface area contributed by atoms with E-state index in [1.54, 1.807) is 0 Å². The summed E-state index contributed by atoms with van der Waals surface area (Å²) in [5, 5.41) is 6.32. The highest BCUT2D eigenvalue weighted by atomic mass is 28.4. The van der Waals surface area contributed by atoms with Crippen molar-refractivity contribution in [2.45, 2.75) is 45.4 Å². The Morgan fingerprint density at radius 2 is 1.76 bits per heavy atom. The molecular formula is C20H33N3OSi. The smallest absolute Gasteiger partial charge is 0.192 e. The van der Waals surface area contributed by atoms with Crippen molar-refractivity contribution in [3.63, 3.8) is 0 Å². The standard InChI is InChI=1S/C20H33N3OSi/c1-20(2,3)25(4,5)24-13-12-22-15-17-6-7-19(14-18(17)16-22)23-10-8-21-9-11-23/h6-7,14-16,21H,8-13H2,1-5H3. The molecule has 0 amide bonds. The van der Waals surface area contributed by atoms with Crippen LogP contribution >= 0.6 is 0 Å². The normalized spacial score (nSPS) is 16.6. The van der Waals surface area contributed by atoms with Gasteiger partial charge in [0.25, 0.3) is 0 Å². The van der Waals surface area contributed by atoms with Crippen LogP contribution in [0.3, 0.4) is 0 Å². The van der Waals surface area contributed by atoms with Gasteiger partial charge in [0.15, 0.2) is 8.32 Å². The summed E-state index contributed by atoms with van der Waals surface area (Å²) in [5.41, 5.74) is 1.34. The maximum Gasteiger partial charge on any atom is 0.192 e. The zero-order valence-corrected chi connectivity index (χ0v) is 17.4. The summed E-state index contributed by atoms with van der Waals surface area (Å²) in [5.74, 6) is 0. The SMILES string of the molecule is CC(C)(C)[Si](C)(C)OCCn1cc2ccc(N3CCNCC3)cc2c1. The van der Waals surface area contributed by atoms with Gasteiger partial charge < -0.3 is 19.2 Å². The van der Waals surface area contributed by atoms with Crippen LogP contribution < -0.4 is 10.2 Å². The maximum absolute atomic E-state index is 6.32. The second-order valence-corrected chi connectivity index (χ2v) is 13.5. The van der Waals surface area contributed by atoms with Gasteiger partial charge >= 0.3 is 0 Å². The van der Waals surface area contributed by atoms with E-state index in [0.29, 0.717) is 0 Å². The lowest BCUT2D eigenvalue weighted by Gasteiger charge is -2.36. The predicted octanol–water partition coefficient (Wildman–Crippen LogP) is 4.07. The Hall–Kier alpha value is -1.30. The molecule has 1 saturated heterocycles. The van der Waals surface area contributed by atoms with Crippen molar-refractivity contribution in [3.8, 4) is 0 Å². The average Bonchev–Trinajstić information content (AvgIpc) is 2.96. The fourth-order valence-corrected chi connectivity index (χ4v) is 4.09. The first-order valence-electron chi connectivity index (χ1n) is 9.45. The maximum atomic E-state index is 6.32. The van der Waals surface area contributed by atoms with E-state index in [2.05, 4.69) is 79.2 Å². The van der Waals surface area contributed by atoms with Crippen LogP contribution in [0.25, 0.3) is 10.8 Å². The van der Waals surface area contributed by atoms with Crippen LogP contribution in [-0.4, -0.2) is 45.7 Å². The number of rotatable bonds is 5. The molecule has 138 valence electrons. The summed E-state index contributed by atoms with van der Waals surface area (Å²) in [7, 11) is -1.66. The monoisotopic (exact) mass is 359 g/mol. The lowest BCUT2D eigenvalue weighted by Crippen LogP contribution is -2.43. The molecule has 3 rings (SSSR count). The Kier molecular flexibility index (Phi) is 5.28.